The predicted octanol–water partition coefficient (Wildman–Crippen LogP) is 0.591. The Morgan fingerprint density at radius 2 is 2.12 bits per heavy atom. The van der Waals surface area contributed by atoms with Crippen molar-refractivity contribution in [1.82, 2.24) is 20.1 Å². The lowest BCUT2D eigenvalue weighted by Crippen LogP contribution is -2.25. The summed E-state index contributed by atoms with van der Waals surface area (Å²) in [4.78, 5) is 11.3. The summed E-state index contributed by atoms with van der Waals surface area (Å²) in [5.41, 5.74) is -0.117. The third kappa shape index (κ3) is 1.78. The summed E-state index contributed by atoms with van der Waals surface area (Å²) in [5, 5.41) is 10.1. The third-order valence-corrected chi connectivity index (χ3v) is 3.69. The van der Waals surface area contributed by atoms with E-state index in [1.54, 1.807) is 11.6 Å². The number of halogens is 1. The SMILES string of the molecule is Cl.Cn1c(C2NCCC2C2CC2)n[nH]c1=O. The zero-order valence-electron chi connectivity index (χ0n) is 9.27. The van der Waals surface area contributed by atoms with E-state index in [1.165, 1.54) is 19.3 Å². The molecule has 0 amide bonds. The van der Waals surface area contributed by atoms with Crippen LogP contribution in [0.5, 0.6) is 0 Å². The Bertz CT molecular complexity index is 423. The van der Waals surface area contributed by atoms with E-state index in [-0.39, 0.29) is 24.1 Å². The van der Waals surface area contributed by atoms with E-state index in [2.05, 4.69) is 15.5 Å². The molecule has 1 aromatic rings. The van der Waals surface area contributed by atoms with Crippen LogP contribution < -0.4 is 11.0 Å². The number of H-pyrrole nitrogens is 1. The molecule has 1 aromatic heterocycles. The van der Waals surface area contributed by atoms with E-state index < -0.39 is 0 Å². The molecule has 2 unspecified atom stereocenters. The van der Waals surface area contributed by atoms with Crippen molar-refractivity contribution in [3.63, 3.8) is 0 Å². The molecule has 5 nitrogen and oxygen atoms in total. The summed E-state index contributed by atoms with van der Waals surface area (Å²) < 4.78 is 1.62. The van der Waals surface area contributed by atoms with Crippen molar-refractivity contribution in [2.75, 3.05) is 6.54 Å². The number of nitrogens with zero attached hydrogens (tertiary/aromatic N) is 2. The predicted molar refractivity (Wildman–Crippen MR) is 62.7 cm³/mol. The van der Waals surface area contributed by atoms with Crippen LogP contribution in [0.3, 0.4) is 0 Å². The molecule has 1 aliphatic carbocycles. The molecule has 0 bridgehead atoms. The number of rotatable bonds is 2. The molecule has 2 atom stereocenters. The molecule has 0 radical (unpaired) electrons. The molecule has 1 saturated carbocycles. The van der Waals surface area contributed by atoms with E-state index >= 15 is 0 Å². The monoisotopic (exact) mass is 244 g/mol. The number of nitrogens with one attached hydrogen (secondary N) is 2. The number of aromatic amines is 1. The summed E-state index contributed by atoms with van der Waals surface area (Å²) in [6, 6.07) is 0.279. The maximum absolute atomic E-state index is 11.3. The molecule has 3 rings (SSSR count). The fraction of sp³-hybridized carbons (Fsp3) is 0.800. The molecular weight excluding hydrogens is 228 g/mol. The van der Waals surface area contributed by atoms with Crippen molar-refractivity contribution in [3.05, 3.63) is 16.3 Å². The number of hydrogen-bond acceptors (Lipinski definition) is 3. The van der Waals surface area contributed by atoms with Gasteiger partial charge in [0.15, 0.2) is 5.82 Å². The highest BCUT2D eigenvalue weighted by Gasteiger charge is 2.41. The van der Waals surface area contributed by atoms with E-state index in [4.69, 9.17) is 0 Å². The van der Waals surface area contributed by atoms with Gasteiger partial charge in [-0.15, -0.1) is 12.4 Å². The Hall–Kier alpha value is -0.810. The summed E-state index contributed by atoms with van der Waals surface area (Å²) in [5.74, 6) is 2.41. The Morgan fingerprint density at radius 1 is 1.38 bits per heavy atom. The highest BCUT2D eigenvalue weighted by atomic mass is 35.5. The molecule has 0 aromatic carbocycles. The standard InChI is InChI=1S/C10H16N4O.ClH/c1-14-9(12-13-10(14)15)8-7(4-5-11-8)6-2-3-6;/h6-8,11H,2-5H2,1H3,(H,13,15);1H. The van der Waals surface area contributed by atoms with Gasteiger partial charge in [-0.2, -0.15) is 5.10 Å². The molecule has 90 valence electrons. The van der Waals surface area contributed by atoms with Crippen LogP contribution in [0.4, 0.5) is 0 Å². The normalized spacial score (nSPS) is 29.1. The second-order valence-electron chi connectivity index (χ2n) is 4.67. The molecule has 2 fully saturated rings. The van der Waals surface area contributed by atoms with Crippen LogP contribution in [0.15, 0.2) is 4.79 Å². The smallest absolute Gasteiger partial charge is 0.307 e. The maximum atomic E-state index is 11.3. The molecule has 2 N–H and O–H groups in total. The van der Waals surface area contributed by atoms with Gasteiger partial charge in [0.05, 0.1) is 6.04 Å². The minimum absolute atomic E-state index is 0. The molecule has 16 heavy (non-hydrogen) atoms. The fourth-order valence-electron chi connectivity index (χ4n) is 2.68. The summed E-state index contributed by atoms with van der Waals surface area (Å²) in [6.45, 7) is 1.05. The highest BCUT2D eigenvalue weighted by Crippen LogP contribution is 2.46. The highest BCUT2D eigenvalue weighted by molar-refractivity contribution is 5.85. The zero-order valence-corrected chi connectivity index (χ0v) is 10.1. The lowest BCUT2D eigenvalue weighted by molar-refractivity contribution is 0.388. The molecular formula is C10H17ClN4O. The topological polar surface area (TPSA) is 62.7 Å². The third-order valence-electron chi connectivity index (χ3n) is 3.69. The van der Waals surface area contributed by atoms with Crippen LogP contribution >= 0.6 is 12.4 Å². The first-order valence-electron chi connectivity index (χ1n) is 5.62. The van der Waals surface area contributed by atoms with E-state index in [0.29, 0.717) is 5.92 Å². The Balaban J connectivity index is 0.000000963. The van der Waals surface area contributed by atoms with Crippen molar-refractivity contribution in [1.29, 1.82) is 0 Å². The first kappa shape index (κ1) is 11.7. The average Bonchev–Trinajstić information content (AvgIpc) is 2.88. The lowest BCUT2D eigenvalue weighted by atomic mass is 9.95. The van der Waals surface area contributed by atoms with E-state index in [1.807, 2.05) is 0 Å². The quantitative estimate of drug-likeness (QED) is 0.801. The van der Waals surface area contributed by atoms with Gasteiger partial charge >= 0.3 is 5.69 Å². The van der Waals surface area contributed by atoms with Gasteiger partial charge in [0, 0.05) is 7.05 Å². The van der Waals surface area contributed by atoms with Gasteiger partial charge in [0.25, 0.3) is 0 Å². The van der Waals surface area contributed by atoms with Gasteiger partial charge in [-0.1, -0.05) is 0 Å². The lowest BCUT2D eigenvalue weighted by Gasteiger charge is -2.17. The summed E-state index contributed by atoms with van der Waals surface area (Å²) in [7, 11) is 1.78. The summed E-state index contributed by atoms with van der Waals surface area (Å²) >= 11 is 0. The molecule has 2 aliphatic rings. The molecule has 0 spiro atoms. The van der Waals surface area contributed by atoms with Gasteiger partial charge in [0.1, 0.15) is 0 Å². The first-order chi connectivity index (χ1) is 7.27. The van der Waals surface area contributed by atoms with Crippen molar-refractivity contribution >= 4 is 12.4 Å². The second-order valence-corrected chi connectivity index (χ2v) is 4.67. The number of hydrogen-bond donors (Lipinski definition) is 2. The average molecular weight is 245 g/mol. The molecule has 2 heterocycles. The first-order valence-corrected chi connectivity index (χ1v) is 5.62. The molecule has 1 saturated heterocycles. The van der Waals surface area contributed by atoms with Crippen LogP contribution in [0.1, 0.15) is 31.1 Å². The van der Waals surface area contributed by atoms with Gasteiger partial charge in [-0.05, 0) is 37.6 Å². The minimum Gasteiger partial charge on any atom is -0.307 e. The van der Waals surface area contributed by atoms with Crippen molar-refractivity contribution in [2.24, 2.45) is 18.9 Å². The maximum Gasteiger partial charge on any atom is 0.343 e. The van der Waals surface area contributed by atoms with Crippen LogP contribution in [-0.2, 0) is 7.05 Å². The Morgan fingerprint density at radius 3 is 2.69 bits per heavy atom. The Kier molecular flexibility index (Phi) is 3.08. The molecule has 6 heteroatoms. The fourth-order valence-corrected chi connectivity index (χ4v) is 2.68. The molecule has 1 aliphatic heterocycles. The van der Waals surface area contributed by atoms with Gasteiger partial charge in [-0.3, -0.25) is 4.57 Å². The van der Waals surface area contributed by atoms with Crippen LogP contribution in [0, 0.1) is 11.8 Å². The van der Waals surface area contributed by atoms with Crippen LogP contribution in [0.25, 0.3) is 0 Å². The Labute approximate surface area is 100 Å². The summed E-state index contributed by atoms with van der Waals surface area (Å²) in [6.07, 6.45) is 3.92. The van der Waals surface area contributed by atoms with Crippen molar-refractivity contribution < 1.29 is 0 Å². The zero-order chi connectivity index (χ0) is 10.4. The van der Waals surface area contributed by atoms with Gasteiger partial charge in [0.2, 0.25) is 0 Å². The van der Waals surface area contributed by atoms with Crippen LogP contribution in [-0.4, -0.2) is 21.3 Å². The van der Waals surface area contributed by atoms with Crippen LogP contribution in [0.2, 0.25) is 0 Å². The van der Waals surface area contributed by atoms with Gasteiger partial charge < -0.3 is 5.32 Å². The number of aromatic nitrogens is 3. The minimum atomic E-state index is -0.117. The largest absolute Gasteiger partial charge is 0.343 e. The van der Waals surface area contributed by atoms with E-state index in [0.717, 1.165) is 18.3 Å². The van der Waals surface area contributed by atoms with Crippen molar-refractivity contribution in [3.8, 4) is 0 Å². The second kappa shape index (κ2) is 4.22. The van der Waals surface area contributed by atoms with E-state index in [9.17, 15) is 4.79 Å². The van der Waals surface area contributed by atoms with Crippen molar-refractivity contribution in [2.45, 2.75) is 25.3 Å². The van der Waals surface area contributed by atoms with Gasteiger partial charge in [-0.25, -0.2) is 9.89 Å².